The van der Waals surface area contributed by atoms with Gasteiger partial charge in [0.1, 0.15) is 6.10 Å². The molecule has 0 bridgehead atoms. The molecule has 0 aromatic rings. The van der Waals surface area contributed by atoms with Gasteiger partial charge in [-0.2, -0.15) is 5.26 Å². The minimum Gasteiger partial charge on any atom is -0.462 e. The van der Waals surface area contributed by atoms with Gasteiger partial charge in [0.25, 0.3) is 0 Å². The molecule has 0 amide bonds. The van der Waals surface area contributed by atoms with Crippen LogP contribution in [0.4, 0.5) is 0 Å². The molecule has 0 aromatic heterocycles. The SMILES string of the molecule is CCCCC[C@]1(C#N)CCC2C(CCC3C2CCC2C3CCC[C@@H]2OC(=O)CC)C1. The summed E-state index contributed by atoms with van der Waals surface area (Å²) in [7, 11) is 0. The number of fused-ring (bicyclic) bond motifs is 5. The first-order chi connectivity index (χ1) is 14.6. The molecule has 0 aliphatic heterocycles. The van der Waals surface area contributed by atoms with Crippen LogP contribution in [0.2, 0.25) is 0 Å². The molecule has 4 saturated carbocycles. The second-order valence-electron chi connectivity index (χ2n) is 11.1. The number of rotatable bonds is 6. The molecule has 3 nitrogen and oxygen atoms in total. The van der Waals surface area contributed by atoms with E-state index < -0.39 is 0 Å². The van der Waals surface area contributed by atoms with Crippen LogP contribution in [0.3, 0.4) is 0 Å². The zero-order valence-corrected chi connectivity index (χ0v) is 19.4. The first-order valence-electron chi connectivity index (χ1n) is 13.2. The second kappa shape index (κ2) is 9.62. The average Bonchev–Trinajstić information content (AvgIpc) is 2.78. The number of nitrogens with zero attached hydrogens (tertiary/aromatic N) is 1. The molecule has 4 aliphatic carbocycles. The zero-order chi connectivity index (χ0) is 21.1. The molecule has 0 N–H and O–H groups in total. The third kappa shape index (κ3) is 4.31. The summed E-state index contributed by atoms with van der Waals surface area (Å²) in [4.78, 5) is 12.0. The molecule has 30 heavy (non-hydrogen) atoms. The highest BCUT2D eigenvalue weighted by atomic mass is 16.5. The van der Waals surface area contributed by atoms with Crippen LogP contribution in [0.15, 0.2) is 0 Å². The quantitative estimate of drug-likeness (QED) is 0.346. The molecule has 0 heterocycles. The lowest BCUT2D eigenvalue weighted by atomic mass is 9.49. The van der Waals surface area contributed by atoms with Crippen molar-refractivity contribution in [2.45, 2.75) is 116 Å². The maximum atomic E-state index is 12.0. The molecular weight excluding hydrogens is 370 g/mol. The van der Waals surface area contributed by atoms with Crippen LogP contribution in [0.5, 0.6) is 0 Å². The van der Waals surface area contributed by atoms with Crippen molar-refractivity contribution in [3.8, 4) is 6.07 Å². The number of carbonyl (C=O) groups excluding carboxylic acids is 1. The molecule has 3 heteroatoms. The van der Waals surface area contributed by atoms with Crippen LogP contribution in [0, 0.1) is 52.3 Å². The van der Waals surface area contributed by atoms with Gasteiger partial charge in [0, 0.05) is 6.42 Å². The highest BCUT2D eigenvalue weighted by Gasteiger charge is 2.53. The number of carbonyl (C=O) groups is 1. The molecule has 0 radical (unpaired) electrons. The predicted octanol–water partition coefficient (Wildman–Crippen LogP) is 7.05. The topological polar surface area (TPSA) is 50.1 Å². The van der Waals surface area contributed by atoms with Crippen LogP contribution < -0.4 is 0 Å². The third-order valence-electron chi connectivity index (χ3n) is 9.69. The van der Waals surface area contributed by atoms with Crippen LogP contribution in [0.25, 0.3) is 0 Å². The lowest BCUT2D eigenvalue weighted by molar-refractivity contribution is -0.161. The molecule has 168 valence electrons. The smallest absolute Gasteiger partial charge is 0.305 e. The molecular formula is C27H43NO2. The Morgan fingerprint density at radius 3 is 2.43 bits per heavy atom. The summed E-state index contributed by atoms with van der Waals surface area (Å²) in [5, 5.41) is 10.0. The number of hydrogen-bond donors (Lipinski definition) is 0. The Bertz CT molecular complexity index is 639. The Labute approximate surface area is 184 Å². The minimum absolute atomic E-state index is 0.00493. The summed E-state index contributed by atoms with van der Waals surface area (Å²) in [6.45, 7) is 4.17. The number of unbranched alkanes of at least 4 members (excludes halogenated alkanes) is 2. The first-order valence-corrected chi connectivity index (χ1v) is 13.2. The van der Waals surface area contributed by atoms with E-state index in [0.717, 1.165) is 48.9 Å². The van der Waals surface area contributed by atoms with E-state index >= 15 is 0 Å². The lowest BCUT2D eigenvalue weighted by Gasteiger charge is -2.56. The molecule has 0 aromatic carbocycles. The van der Waals surface area contributed by atoms with Gasteiger partial charge in [0.15, 0.2) is 0 Å². The van der Waals surface area contributed by atoms with Gasteiger partial charge in [-0.15, -0.1) is 0 Å². The van der Waals surface area contributed by atoms with E-state index in [1.165, 1.54) is 70.6 Å². The number of hydrogen-bond acceptors (Lipinski definition) is 3. The van der Waals surface area contributed by atoms with Crippen LogP contribution in [-0.2, 0) is 9.53 Å². The largest absolute Gasteiger partial charge is 0.462 e. The van der Waals surface area contributed by atoms with Crippen molar-refractivity contribution in [1.82, 2.24) is 0 Å². The van der Waals surface area contributed by atoms with Gasteiger partial charge >= 0.3 is 5.97 Å². The second-order valence-corrected chi connectivity index (χ2v) is 11.1. The monoisotopic (exact) mass is 413 g/mol. The molecule has 6 unspecified atom stereocenters. The van der Waals surface area contributed by atoms with Gasteiger partial charge < -0.3 is 4.74 Å². The fraction of sp³-hybridized carbons (Fsp3) is 0.926. The third-order valence-corrected chi connectivity index (χ3v) is 9.69. The highest BCUT2D eigenvalue weighted by Crippen LogP contribution is 2.60. The van der Waals surface area contributed by atoms with Gasteiger partial charge in [-0.25, -0.2) is 0 Å². The van der Waals surface area contributed by atoms with E-state index in [1.54, 1.807) is 0 Å². The predicted molar refractivity (Wildman–Crippen MR) is 119 cm³/mol. The summed E-state index contributed by atoms with van der Waals surface area (Å²) in [6.07, 6.45) is 18.1. The Morgan fingerprint density at radius 2 is 1.67 bits per heavy atom. The molecule has 0 saturated heterocycles. The van der Waals surface area contributed by atoms with Crippen molar-refractivity contribution in [2.75, 3.05) is 0 Å². The fourth-order valence-corrected chi connectivity index (χ4v) is 8.28. The van der Waals surface area contributed by atoms with E-state index in [4.69, 9.17) is 4.74 Å². The Hall–Kier alpha value is -1.04. The average molecular weight is 414 g/mol. The van der Waals surface area contributed by atoms with Gasteiger partial charge in [-0.1, -0.05) is 33.1 Å². The highest BCUT2D eigenvalue weighted by molar-refractivity contribution is 5.69. The minimum atomic E-state index is -0.0232. The van der Waals surface area contributed by atoms with Crippen molar-refractivity contribution in [2.24, 2.45) is 40.9 Å². The van der Waals surface area contributed by atoms with Crippen molar-refractivity contribution < 1.29 is 9.53 Å². The lowest BCUT2D eigenvalue weighted by Crippen LogP contribution is -2.50. The van der Waals surface area contributed by atoms with Crippen LogP contribution in [-0.4, -0.2) is 12.1 Å². The molecule has 8 atom stereocenters. The first kappa shape index (κ1) is 22.2. The summed E-state index contributed by atoms with van der Waals surface area (Å²) < 4.78 is 5.91. The zero-order valence-electron chi connectivity index (χ0n) is 19.4. The Kier molecular flexibility index (Phi) is 7.11. The summed E-state index contributed by atoms with van der Waals surface area (Å²) in [6, 6.07) is 2.81. The molecule has 4 aliphatic rings. The van der Waals surface area contributed by atoms with E-state index in [0.29, 0.717) is 12.3 Å². The van der Waals surface area contributed by atoms with Crippen molar-refractivity contribution in [3.63, 3.8) is 0 Å². The van der Waals surface area contributed by atoms with Gasteiger partial charge in [-0.3, -0.25) is 4.79 Å². The van der Waals surface area contributed by atoms with Crippen LogP contribution >= 0.6 is 0 Å². The van der Waals surface area contributed by atoms with Crippen LogP contribution in [0.1, 0.15) is 110 Å². The van der Waals surface area contributed by atoms with Crippen molar-refractivity contribution in [3.05, 3.63) is 0 Å². The number of ether oxygens (including phenoxy) is 1. The van der Waals surface area contributed by atoms with E-state index in [1.807, 2.05) is 6.92 Å². The molecule has 4 fully saturated rings. The maximum absolute atomic E-state index is 12.0. The standard InChI is InChI=1S/C27H43NO2/c1-3-5-6-15-27(18-28)16-14-20-19(17-27)10-11-23-21-8-7-9-25(30-26(29)4-2)24(21)13-12-22(20)23/h19-25H,3-17H2,1-2H3/t19?,20?,21?,22?,23?,24?,25-,27-/m0/s1. The fourth-order valence-electron chi connectivity index (χ4n) is 8.28. The van der Waals surface area contributed by atoms with Gasteiger partial charge in [-0.05, 0) is 106 Å². The summed E-state index contributed by atoms with van der Waals surface area (Å²) in [5.74, 6) is 4.75. The normalized spacial score (nSPS) is 42.9. The number of esters is 1. The van der Waals surface area contributed by atoms with E-state index in [2.05, 4.69) is 13.0 Å². The summed E-state index contributed by atoms with van der Waals surface area (Å²) >= 11 is 0. The van der Waals surface area contributed by atoms with E-state index in [-0.39, 0.29) is 17.5 Å². The molecule has 4 rings (SSSR count). The van der Waals surface area contributed by atoms with Crippen molar-refractivity contribution >= 4 is 5.97 Å². The maximum Gasteiger partial charge on any atom is 0.305 e. The Morgan fingerprint density at radius 1 is 0.933 bits per heavy atom. The van der Waals surface area contributed by atoms with Gasteiger partial charge in [0.2, 0.25) is 0 Å². The molecule has 0 spiro atoms. The number of nitriles is 1. The van der Waals surface area contributed by atoms with Crippen molar-refractivity contribution in [1.29, 1.82) is 5.26 Å². The summed E-state index contributed by atoms with van der Waals surface area (Å²) in [5.41, 5.74) is -0.0232. The van der Waals surface area contributed by atoms with E-state index in [9.17, 15) is 10.1 Å². The Balaban J connectivity index is 1.41. The van der Waals surface area contributed by atoms with Gasteiger partial charge in [0.05, 0.1) is 11.5 Å².